The molecular weight excluding hydrogens is 346 g/mol. The lowest BCUT2D eigenvalue weighted by Crippen LogP contribution is -2.48. The van der Waals surface area contributed by atoms with E-state index in [1.54, 1.807) is 0 Å². The zero-order valence-corrected chi connectivity index (χ0v) is 14.5. The van der Waals surface area contributed by atoms with Crippen LogP contribution in [0.2, 0.25) is 0 Å². The van der Waals surface area contributed by atoms with Crippen LogP contribution in [-0.2, 0) is 14.3 Å². The van der Waals surface area contributed by atoms with Gasteiger partial charge in [-0.2, -0.15) is 0 Å². The van der Waals surface area contributed by atoms with Crippen LogP contribution < -0.4 is 0 Å². The fourth-order valence-electron chi connectivity index (χ4n) is 3.38. The van der Waals surface area contributed by atoms with Gasteiger partial charge in [-0.25, -0.2) is 4.79 Å². The zero-order chi connectivity index (χ0) is 16.2. The molecule has 1 aliphatic heterocycles. The first-order valence-electron chi connectivity index (χ1n) is 7.57. The molecule has 0 N–H and O–H groups in total. The Morgan fingerprint density at radius 2 is 2.41 bits per heavy atom. The van der Waals surface area contributed by atoms with Gasteiger partial charge in [-0.3, -0.25) is 4.79 Å². The molecule has 1 heterocycles. The third-order valence-electron chi connectivity index (χ3n) is 4.46. The molecule has 0 spiro atoms. The Balaban J connectivity index is 2.22. The van der Waals surface area contributed by atoms with E-state index in [1.807, 2.05) is 11.0 Å². The Kier molecular flexibility index (Phi) is 5.62. The van der Waals surface area contributed by atoms with Crippen LogP contribution in [-0.4, -0.2) is 36.0 Å². The highest BCUT2D eigenvalue weighted by Crippen LogP contribution is 2.44. The molecule has 120 valence electrons. The molecule has 1 saturated heterocycles. The maximum absolute atomic E-state index is 12.4. The van der Waals surface area contributed by atoms with Gasteiger partial charge in [0.05, 0.1) is 12.6 Å². The normalized spacial score (nSPS) is 27.3. The van der Waals surface area contributed by atoms with Crippen molar-refractivity contribution >= 4 is 27.8 Å². The van der Waals surface area contributed by atoms with Crippen molar-refractivity contribution in [3.05, 3.63) is 35.4 Å². The molecule has 0 aromatic carbocycles. The van der Waals surface area contributed by atoms with Crippen molar-refractivity contribution in [1.29, 1.82) is 0 Å². The van der Waals surface area contributed by atoms with Gasteiger partial charge in [-0.05, 0) is 30.2 Å². The Morgan fingerprint density at radius 3 is 3.09 bits per heavy atom. The predicted octanol–water partition coefficient (Wildman–Crippen LogP) is 3.34. The molecule has 1 amide bonds. The molecule has 0 radical (unpaired) electrons. The van der Waals surface area contributed by atoms with Gasteiger partial charge in [0.1, 0.15) is 0 Å². The highest BCUT2D eigenvalue weighted by atomic mass is 79.9. The fraction of sp³-hybridized carbons (Fsp3) is 0.529. The van der Waals surface area contributed by atoms with Gasteiger partial charge in [0, 0.05) is 25.0 Å². The second-order valence-corrected chi connectivity index (χ2v) is 6.91. The van der Waals surface area contributed by atoms with Crippen LogP contribution in [0.15, 0.2) is 35.4 Å². The Hall–Kier alpha value is -1.36. The van der Waals surface area contributed by atoms with Crippen LogP contribution in [0.1, 0.15) is 32.1 Å². The van der Waals surface area contributed by atoms with E-state index in [2.05, 4.69) is 34.7 Å². The lowest BCUT2D eigenvalue weighted by Gasteiger charge is -2.41. The standard InChI is InChI=1S/C17H22BrNO3/c1-13(18)6-5-11-19-15(20)12-14-7-3-4-9-17(14,19)10-8-16(21)22-2/h3,7-8,10,14H,1,4-6,9,11-12H2,2H3/b10-8-/t14-,17+/m0/s1. The van der Waals surface area contributed by atoms with Gasteiger partial charge >= 0.3 is 5.97 Å². The first-order valence-corrected chi connectivity index (χ1v) is 8.36. The molecule has 2 aliphatic rings. The molecule has 0 bridgehead atoms. The van der Waals surface area contributed by atoms with E-state index in [-0.39, 0.29) is 23.3 Å². The van der Waals surface area contributed by atoms with Crippen LogP contribution in [0.5, 0.6) is 0 Å². The summed E-state index contributed by atoms with van der Waals surface area (Å²) in [6, 6.07) is 0. The average Bonchev–Trinajstić information content (AvgIpc) is 2.77. The van der Waals surface area contributed by atoms with E-state index in [1.165, 1.54) is 13.2 Å². The van der Waals surface area contributed by atoms with Gasteiger partial charge in [0.15, 0.2) is 0 Å². The van der Waals surface area contributed by atoms with E-state index in [0.717, 1.165) is 30.2 Å². The van der Waals surface area contributed by atoms with E-state index >= 15 is 0 Å². The number of rotatable bonds is 6. The molecule has 2 atom stereocenters. The van der Waals surface area contributed by atoms with Crippen LogP contribution in [0, 0.1) is 5.92 Å². The predicted molar refractivity (Wildman–Crippen MR) is 89.4 cm³/mol. The second-order valence-electron chi connectivity index (χ2n) is 5.79. The molecule has 0 saturated carbocycles. The lowest BCUT2D eigenvalue weighted by molar-refractivity contribution is -0.135. The van der Waals surface area contributed by atoms with E-state index in [9.17, 15) is 9.59 Å². The summed E-state index contributed by atoms with van der Waals surface area (Å²) in [5.41, 5.74) is -0.381. The quantitative estimate of drug-likeness (QED) is 0.410. The number of carbonyl (C=O) groups is 2. The molecule has 1 fully saturated rings. The Morgan fingerprint density at radius 1 is 1.64 bits per heavy atom. The zero-order valence-electron chi connectivity index (χ0n) is 12.9. The fourth-order valence-corrected chi connectivity index (χ4v) is 3.66. The van der Waals surface area contributed by atoms with Gasteiger partial charge in [-0.1, -0.05) is 40.7 Å². The summed E-state index contributed by atoms with van der Waals surface area (Å²) in [7, 11) is 1.36. The summed E-state index contributed by atoms with van der Waals surface area (Å²) < 4.78 is 5.64. The number of hydrogen-bond acceptors (Lipinski definition) is 3. The van der Waals surface area contributed by atoms with Crippen molar-refractivity contribution in [1.82, 2.24) is 4.90 Å². The average molecular weight is 368 g/mol. The summed E-state index contributed by atoms with van der Waals surface area (Å²) in [6.45, 7) is 4.51. The van der Waals surface area contributed by atoms with Crippen LogP contribution in [0.4, 0.5) is 0 Å². The summed E-state index contributed by atoms with van der Waals surface area (Å²) in [5, 5.41) is 0. The minimum absolute atomic E-state index is 0.141. The SMILES string of the molecule is C=C(Br)CCCN1C(=O)C[C@@H]2C=CCC[C@@]21/C=C\C(=O)OC. The van der Waals surface area contributed by atoms with Crippen molar-refractivity contribution < 1.29 is 14.3 Å². The lowest BCUT2D eigenvalue weighted by atomic mass is 9.77. The largest absolute Gasteiger partial charge is 0.466 e. The number of methoxy groups -OCH3 is 1. The van der Waals surface area contributed by atoms with Gasteiger partial charge in [0.25, 0.3) is 0 Å². The number of esters is 1. The van der Waals surface area contributed by atoms with Crippen LogP contribution >= 0.6 is 15.9 Å². The Bertz CT molecular complexity index is 526. The Labute approximate surface area is 140 Å². The number of allylic oxidation sites excluding steroid dienone is 2. The van der Waals surface area contributed by atoms with Crippen molar-refractivity contribution in [3.8, 4) is 0 Å². The maximum atomic E-state index is 12.4. The molecule has 2 rings (SSSR count). The number of ether oxygens (including phenoxy) is 1. The van der Waals surface area contributed by atoms with Gasteiger partial charge in [0.2, 0.25) is 5.91 Å². The summed E-state index contributed by atoms with van der Waals surface area (Å²) in [5.74, 6) is -0.0797. The summed E-state index contributed by atoms with van der Waals surface area (Å²) in [4.78, 5) is 25.9. The number of carbonyl (C=O) groups excluding carboxylic acids is 2. The molecular formula is C17H22BrNO3. The minimum atomic E-state index is -0.381. The van der Waals surface area contributed by atoms with Crippen molar-refractivity contribution in [3.63, 3.8) is 0 Å². The van der Waals surface area contributed by atoms with Crippen molar-refractivity contribution in [2.75, 3.05) is 13.7 Å². The number of amides is 1. The first-order chi connectivity index (χ1) is 10.5. The molecule has 0 aromatic heterocycles. The van der Waals surface area contributed by atoms with Gasteiger partial charge in [-0.15, -0.1) is 0 Å². The smallest absolute Gasteiger partial charge is 0.330 e. The van der Waals surface area contributed by atoms with Crippen molar-refractivity contribution in [2.45, 2.75) is 37.6 Å². The van der Waals surface area contributed by atoms with Crippen LogP contribution in [0.3, 0.4) is 0 Å². The maximum Gasteiger partial charge on any atom is 0.330 e. The van der Waals surface area contributed by atoms with E-state index < -0.39 is 0 Å². The first kappa shape index (κ1) is 17.0. The third kappa shape index (κ3) is 3.51. The topological polar surface area (TPSA) is 46.6 Å². The second kappa shape index (κ2) is 7.27. The highest BCUT2D eigenvalue weighted by Gasteiger charge is 2.50. The summed E-state index contributed by atoms with van der Waals surface area (Å²) in [6.07, 6.45) is 11.6. The minimum Gasteiger partial charge on any atom is -0.466 e. The number of likely N-dealkylation sites (tertiary alicyclic amines) is 1. The molecule has 0 unspecified atom stereocenters. The number of halogens is 1. The number of nitrogens with zero attached hydrogens (tertiary/aromatic N) is 1. The molecule has 22 heavy (non-hydrogen) atoms. The summed E-state index contributed by atoms with van der Waals surface area (Å²) >= 11 is 3.36. The van der Waals surface area contributed by atoms with Crippen molar-refractivity contribution in [2.24, 2.45) is 5.92 Å². The van der Waals surface area contributed by atoms with Gasteiger partial charge < -0.3 is 9.64 Å². The van der Waals surface area contributed by atoms with E-state index in [0.29, 0.717) is 13.0 Å². The molecule has 0 aromatic rings. The highest BCUT2D eigenvalue weighted by molar-refractivity contribution is 9.11. The number of fused-ring (bicyclic) bond motifs is 1. The third-order valence-corrected chi connectivity index (χ3v) is 4.86. The molecule has 1 aliphatic carbocycles. The molecule has 5 heteroatoms. The number of hydrogen-bond donors (Lipinski definition) is 0. The molecule has 4 nitrogen and oxygen atoms in total. The van der Waals surface area contributed by atoms with E-state index in [4.69, 9.17) is 4.74 Å². The van der Waals surface area contributed by atoms with Crippen LogP contribution in [0.25, 0.3) is 0 Å². The monoisotopic (exact) mass is 367 g/mol.